The van der Waals surface area contributed by atoms with Crippen molar-refractivity contribution >= 4 is 15.7 Å². The summed E-state index contributed by atoms with van der Waals surface area (Å²) in [6.45, 7) is 3.93. The summed E-state index contributed by atoms with van der Waals surface area (Å²) in [5.74, 6) is 1.24. The molecule has 0 spiro atoms. The molecule has 0 aliphatic carbocycles. The number of nitrogens with zero attached hydrogens (tertiary/aromatic N) is 2. The lowest BCUT2D eigenvalue weighted by molar-refractivity contribution is 0.371. The Bertz CT molecular complexity index is 1250. The van der Waals surface area contributed by atoms with E-state index in [4.69, 9.17) is 9.47 Å². The predicted molar refractivity (Wildman–Crippen MR) is 125 cm³/mol. The van der Waals surface area contributed by atoms with E-state index >= 15 is 0 Å². The van der Waals surface area contributed by atoms with E-state index in [1.54, 1.807) is 44.6 Å². The highest BCUT2D eigenvalue weighted by atomic mass is 32.2. The van der Waals surface area contributed by atoms with Crippen molar-refractivity contribution in [2.24, 2.45) is 5.10 Å². The third-order valence-electron chi connectivity index (χ3n) is 5.62. The maximum absolute atomic E-state index is 13.6. The van der Waals surface area contributed by atoms with Gasteiger partial charge in [0.25, 0.3) is 10.0 Å². The number of hydrogen-bond donors (Lipinski definition) is 0. The lowest BCUT2D eigenvalue weighted by atomic mass is 9.98. The zero-order chi connectivity index (χ0) is 22.9. The van der Waals surface area contributed by atoms with Gasteiger partial charge in [0, 0.05) is 18.1 Å². The molecule has 1 aliphatic heterocycles. The van der Waals surface area contributed by atoms with E-state index in [1.165, 1.54) is 4.41 Å². The average Bonchev–Trinajstić information content (AvgIpc) is 3.25. The number of aryl methyl sites for hydroxylation is 2. The Morgan fingerprint density at radius 2 is 1.50 bits per heavy atom. The molecule has 0 fully saturated rings. The molecule has 1 aliphatic rings. The zero-order valence-corrected chi connectivity index (χ0v) is 19.4. The molecule has 166 valence electrons. The lowest BCUT2D eigenvalue weighted by Gasteiger charge is -2.23. The van der Waals surface area contributed by atoms with Crippen molar-refractivity contribution < 1.29 is 17.9 Å². The average molecular weight is 451 g/mol. The first-order valence-electron chi connectivity index (χ1n) is 10.3. The first-order chi connectivity index (χ1) is 15.3. The standard InChI is InChI=1S/C25H26N2O4S/c1-17-5-9-19(10-6-17)24-16-23(22-14-11-20(30-3)15-25(22)31-4)26-27(24)32(28,29)21-12-7-18(2)8-13-21/h5-15,24H,16H2,1-4H3/t24-/m0/s1. The molecule has 1 heterocycles. The number of sulfonamides is 1. The quantitative estimate of drug-likeness (QED) is 0.538. The SMILES string of the molecule is COc1ccc(C2=NN(S(=O)(=O)c3ccc(C)cc3)[C@H](c3ccc(C)cc3)C2)c(OC)c1. The van der Waals surface area contributed by atoms with Gasteiger partial charge in [-0.15, -0.1) is 0 Å². The van der Waals surface area contributed by atoms with Crippen LogP contribution in [0.1, 0.15) is 34.7 Å². The van der Waals surface area contributed by atoms with E-state index in [2.05, 4.69) is 5.10 Å². The van der Waals surface area contributed by atoms with Crippen LogP contribution in [0.2, 0.25) is 0 Å². The fourth-order valence-electron chi connectivity index (χ4n) is 3.76. The number of ether oxygens (including phenoxy) is 2. The summed E-state index contributed by atoms with van der Waals surface area (Å²) >= 11 is 0. The molecular formula is C25H26N2O4S. The van der Waals surface area contributed by atoms with Crippen molar-refractivity contribution in [3.05, 3.63) is 89.0 Å². The molecule has 0 N–H and O–H groups in total. The molecule has 6 nitrogen and oxygen atoms in total. The van der Waals surface area contributed by atoms with Crippen LogP contribution in [-0.4, -0.2) is 32.8 Å². The van der Waals surface area contributed by atoms with Crippen LogP contribution in [0.15, 0.2) is 76.7 Å². The second-order valence-corrected chi connectivity index (χ2v) is 9.63. The summed E-state index contributed by atoms with van der Waals surface area (Å²) < 4.78 is 39.3. The van der Waals surface area contributed by atoms with E-state index in [1.807, 2.05) is 50.2 Å². The van der Waals surface area contributed by atoms with Crippen LogP contribution < -0.4 is 9.47 Å². The smallest absolute Gasteiger partial charge is 0.279 e. The van der Waals surface area contributed by atoms with Crippen LogP contribution in [0, 0.1) is 13.8 Å². The Morgan fingerprint density at radius 3 is 2.09 bits per heavy atom. The molecule has 0 aromatic heterocycles. The fourth-order valence-corrected chi connectivity index (χ4v) is 5.20. The first-order valence-corrected chi connectivity index (χ1v) is 11.7. The van der Waals surface area contributed by atoms with Crippen molar-refractivity contribution in [2.45, 2.75) is 31.2 Å². The number of methoxy groups -OCH3 is 2. The number of hydrogen-bond acceptors (Lipinski definition) is 5. The minimum atomic E-state index is -3.86. The molecule has 3 aromatic rings. The summed E-state index contributed by atoms with van der Waals surface area (Å²) in [7, 11) is -0.692. The number of benzene rings is 3. The normalized spacial score (nSPS) is 16.1. The van der Waals surface area contributed by atoms with Gasteiger partial charge < -0.3 is 9.47 Å². The number of hydrazone groups is 1. The van der Waals surface area contributed by atoms with Gasteiger partial charge in [0.05, 0.1) is 30.9 Å². The summed E-state index contributed by atoms with van der Waals surface area (Å²) in [6.07, 6.45) is 0.427. The Hall–Kier alpha value is -3.32. The zero-order valence-electron chi connectivity index (χ0n) is 18.6. The van der Waals surface area contributed by atoms with Crippen molar-refractivity contribution in [3.8, 4) is 11.5 Å². The molecular weight excluding hydrogens is 424 g/mol. The van der Waals surface area contributed by atoms with Crippen LogP contribution in [0.25, 0.3) is 0 Å². The van der Waals surface area contributed by atoms with Gasteiger partial charge in [0.2, 0.25) is 0 Å². The molecule has 3 aromatic carbocycles. The van der Waals surface area contributed by atoms with Gasteiger partial charge in [0.15, 0.2) is 0 Å². The monoisotopic (exact) mass is 450 g/mol. The van der Waals surface area contributed by atoms with Crippen molar-refractivity contribution in [3.63, 3.8) is 0 Å². The minimum Gasteiger partial charge on any atom is -0.497 e. The molecule has 1 atom stereocenters. The largest absolute Gasteiger partial charge is 0.497 e. The van der Waals surface area contributed by atoms with Gasteiger partial charge in [-0.25, -0.2) is 0 Å². The molecule has 0 unspecified atom stereocenters. The molecule has 0 saturated heterocycles. The highest BCUT2D eigenvalue weighted by Gasteiger charge is 2.38. The summed E-state index contributed by atoms with van der Waals surface area (Å²) in [5, 5.41) is 4.61. The summed E-state index contributed by atoms with van der Waals surface area (Å²) in [6, 6.07) is 19.7. The van der Waals surface area contributed by atoms with E-state index < -0.39 is 16.1 Å². The van der Waals surface area contributed by atoms with E-state index in [0.717, 1.165) is 22.3 Å². The second kappa shape index (κ2) is 8.67. The Labute approximate surface area is 189 Å². The molecule has 4 rings (SSSR count). The molecule has 32 heavy (non-hydrogen) atoms. The van der Waals surface area contributed by atoms with Gasteiger partial charge >= 0.3 is 0 Å². The molecule has 0 radical (unpaired) electrons. The van der Waals surface area contributed by atoms with Crippen LogP contribution in [0.5, 0.6) is 11.5 Å². The van der Waals surface area contributed by atoms with Gasteiger partial charge in [-0.1, -0.05) is 47.5 Å². The van der Waals surface area contributed by atoms with Crippen molar-refractivity contribution in [2.75, 3.05) is 14.2 Å². The Morgan fingerprint density at radius 1 is 0.875 bits per heavy atom. The van der Waals surface area contributed by atoms with E-state index in [9.17, 15) is 8.42 Å². The Balaban J connectivity index is 1.82. The third-order valence-corrected chi connectivity index (χ3v) is 7.32. The van der Waals surface area contributed by atoms with E-state index in [-0.39, 0.29) is 4.90 Å². The topological polar surface area (TPSA) is 68.2 Å². The minimum absolute atomic E-state index is 0.215. The molecule has 0 amide bonds. The van der Waals surface area contributed by atoms with Gasteiger partial charge in [-0.3, -0.25) is 0 Å². The Kier molecular flexibility index (Phi) is 5.93. The highest BCUT2D eigenvalue weighted by molar-refractivity contribution is 7.89. The van der Waals surface area contributed by atoms with Crippen LogP contribution in [0.3, 0.4) is 0 Å². The van der Waals surface area contributed by atoms with Crippen LogP contribution >= 0.6 is 0 Å². The van der Waals surface area contributed by atoms with Crippen LogP contribution in [-0.2, 0) is 10.0 Å². The molecule has 7 heteroatoms. The highest BCUT2D eigenvalue weighted by Crippen LogP contribution is 2.39. The number of rotatable bonds is 6. The van der Waals surface area contributed by atoms with Crippen molar-refractivity contribution in [1.29, 1.82) is 0 Å². The fraction of sp³-hybridized carbons (Fsp3) is 0.240. The van der Waals surface area contributed by atoms with Crippen LogP contribution in [0.4, 0.5) is 0 Å². The molecule has 0 saturated carbocycles. The van der Waals surface area contributed by atoms with Gasteiger partial charge in [-0.05, 0) is 43.7 Å². The maximum Gasteiger partial charge on any atom is 0.279 e. The second-order valence-electron chi connectivity index (χ2n) is 7.83. The van der Waals surface area contributed by atoms with Gasteiger partial charge in [0.1, 0.15) is 11.5 Å². The van der Waals surface area contributed by atoms with Gasteiger partial charge in [-0.2, -0.15) is 17.9 Å². The predicted octanol–water partition coefficient (Wildman–Crippen LogP) is 4.86. The molecule has 0 bridgehead atoms. The third kappa shape index (κ3) is 4.08. The summed E-state index contributed by atoms with van der Waals surface area (Å²) in [4.78, 5) is 0.215. The first kappa shape index (κ1) is 21.9. The lowest BCUT2D eigenvalue weighted by Crippen LogP contribution is -2.27. The maximum atomic E-state index is 13.6. The van der Waals surface area contributed by atoms with E-state index in [0.29, 0.717) is 23.6 Å². The summed E-state index contributed by atoms with van der Waals surface area (Å²) in [5.41, 5.74) is 4.38. The van der Waals surface area contributed by atoms with Crippen molar-refractivity contribution in [1.82, 2.24) is 4.41 Å².